The molecule has 2 aliphatic rings. The van der Waals surface area contributed by atoms with E-state index in [1.54, 1.807) is 25.1 Å². The number of carbonyl (C=O) groups excluding carboxylic acids is 2. The average molecular weight is 468 g/mol. The number of hydrogen-bond acceptors (Lipinski definition) is 4. The third-order valence-corrected chi connectivity index (χ3v) is 6.74. The summed E-state index contributed by atoms with van der Waals surface area (Å²) in [7, 11) is 0. The number of esters is 1. The molecule has 0 saturated carbocycles. The standard InChI is InChI=1S/C27H27ClFNO3/c1-4-15(2)33-27(32)24-16(3)30-22-13-18(17-9-11-19(28)12-10-17)14-23(31)26(22)25(24)20-7-5-6-8-21(20)29/h5-12,15,18,25,30H,4,13-14H2,1-3H3/t15-,18-,25+/m1/s1. The second-order valence-corrected chi connectivity index (χ2v) is 9.15. The molecule has 0 fully saturated rings. The first-order valence-electron chi connectivity index (χ1n) is 11.2. The monoisotopic (exact) mass is 467 g/mol. The van der Waals surface area contributed by atoms with Crippen molar-refractivity contribution in [1.82, 2.24) is 5.32 Å². The number of nitrogens with one attached hydrogen (secondary N) is 1. The summed E-state index contributed by atoms with van der Waals surface area (Å²) in [5.74, 6) is -1.91. The molecule has 0 saturated heterocycles. The lowest BCUT2D eigenvalue weighted by molar-refractivity contribution is -0.144. The lowest BCUT2D eigenvalue weighted by atomic mass is 9.71. The van der Waals surface area contributed by atoms with Gasteiger partial charge in [-0.05, 0) is 56.4 Å². The third-order valence-electron chi connectivity index (χ3n) is 6.49. The van der Waals surface area contributed by atoms with Crippen molar-refractivity contribution in [2.24, 2.45) is 0 Å². The van der Waals surface area contributed by atoms with E-state index >= 15 is 0 Å². The first-order valence-corrected chi connectivity index (χ1v) is 11.6. The number of hydrogen-bond donors (Lipinski definition) is 1. The van der Waals surface area contributed by atoms with Crippen molar-refractivity contribution in [3.63, 3.8) is 0 Å². The van der Waals surface area contributed by atoms with E-state index in [2.05, 4.69) is 5.32 Å². The number of rotatable bonds is 5. The van der Waals surface area contributed by atoms with Gasteiger partial charge in [0.15, 0.2) is 5.78 Å². The van der Waals surface area contributed by atoms with Gasteiger partial charge in [-0.15, -0.1) is 0 Å². The molecule has 1 aliphatic carbocycles. The molecule has 0 amide bonds. The average Bonchev–Trinajstić information content (AvgIpc) is 2.78. The van der Waals surface area contributed by atoms with E-state index in [0.29, 0.717) is 34.7 Å². The van der Waals surface area contributed by atoms with Gasteiger partial charge in [0, 0.05) is 34.0 Å². The van der Waals surface area contributed by atoms with Crippen LogP contribution in [0.4, 0.5) is 4.39 Å². The summed E-state index contributed by atoms with van der Waals surface area (Å²) in [5, 5.41) is 3.93. The van der Waals surface area contributed by atoms with Crippen molar-refractivity contribution in [2.45, 2.75) is 58.0 Å². The summed E-state index contributed by atoms with van der Waals surface area (Å²) in [5.41, 5.74) is 3.38. The highest BCUT2D eigenvalue weighted by Gasteiger charge is 2.42. The second kappa shape index (κ2) is 9.52. The summed E-state index contributed by atoms with van der Waals surface area (Å²) in [4.78, 5) is 26.7. The molecule has 2 aromatic carbocycles. The molecule has 33 heavy (non-hydrogen) atoms. The summed E-state index contributed by atoms with van der Waals surface area (Å²) in [6.07, 6.45) is 1.23. The summed E-state index contributed by atoms with van der Waals surface area (Å²) >= 11 is 6.03. The molecule has 0 aromatic heterocycles. The first-order chi connectivity index (χ1) is 15.8. The van der Waals surface area contributed by atoms with Crippen LogP contribution in [0.25, 0.3) is 0 Å². The van der Waals surface area contributed by atoms with Gasteiger partial charge in [-0.25, -0.2) is 9.18 Å². The third kappa shape index (κ3) is 4.60. The van der Waals surface area contributed by atoms with Crippen LogP contribution in [0.15, 0.2) is 71.1 Å². The Bertz CT molecular complexity index is 1150. The van der Waals surface area contributed by atoms with Crippen LogP contribution in [0.2, 0.25) is 5.02 Å². The predicted octanol–water partition coefficient (Wildman–Crippen LogP) is 6.18. The van der Waals surface area contributed by atoms with Crippen molar-refractivity contribution in [1.29, 1.82) is 0 Å². The zero-order valence-electron chi connectivity index (χ0n) is 19.0. The molecular formula is C27H27ClFNO3. The van der Waals surface area contributed by atoms with Crippen LogP contribution >= 0.6 is 11.6 Å². The lowest BCUT2D eigenvalue weighted by Gasteiger charge is -2.37. The highest BCUT2D eigenvalue weighted by Crippen LogP contribution is 2.46. The summed E-state index contributed by atoms with van der Waals surface area (Å²) in [6, 6.07) is 13.8. The summed E-state index contributed by atoms with van der Waals surface area (Å²) < 4.78 is 20.6. The number of dihydropyridines is 1. The molecule has 1 heterocycles. The molecule has 6 heteroatoms. The minimum absolute atomic E-state index is 0.0243. The molecule has 1 N–H and O–H groups in total. The van der Waals surface area contributed by atoms with Crippen molar-refractivity contribution in [3.8, 4) is 0 Å². The van der Waals surface area contributed by atoms with Crippen LogP contribution in [0.5, 0.6) is 0 Å². The van der Waals surface area contributed by atoms with E-state index in [-0.39, 0.29) is 29.8 Å². The molecule has 4 nitrogen and oxygen atoms in total. The quantitative estimate of drug-likeness (QED) is 0.533. The smallest absolute Gasteiger partial charge is 0.337 e. The molecular weight excluding hydrogens is 441 g/mol. The van der Waals surface area contributed by atoms with E-state index in [1.165, 1.54) is 6.07 Å². The molecule has 0 spiro atoms. The SMILES string of the molecule is CC[C@@H](C)OC(=O)C1=C(C)NC2=C(C(=O)C[C@H](c3ccc(Cl)cc3)C2)[C@H]1c1ccccc1F. The molecule has 3 atom stereocenters. The van der Waals surface area contributed by atoms with Crippen LogP contribution in [0, 0.1) is 5.82 Å². The van der Waals surface area contributed by atoms with E-state index < -0.39 is 17.7 Å². The van der Waals surface area contributed by atoms with E-state index in [1.807, 2.05) is 38.1 Å². The topological polar surface area (TPSA) is 55.4 Å². The second-order valence-electron chi connectivity index (χ2n) is 8.71. The number of benzene rings is 2. The molecule has 1 aliphatic heterocycles. The molecule has 0 radical (unpaired) electrons. The van der Waals surface area contributed by atoms with Crippen LogP contribution in [0.1, 0.15) is 63.0 Å². The Morgan fingerprint density at radius 2 is 1.88 bits per heavy atom. The Balaban J connectivity index is 1.79. The normalized spacial score (nSPS) is 21.4. The van der Waals surface area contributed by atoms with Gasteiger partial charge in [-0.2, -0.15) is 0 Å². The number of carbonyl (C=O) groups is 2. The number of ether oxygens (including phenoxy) is 1. The van der Waals surface area contributed by atoms with Crippen molar-refractivity contribution in [2.75, 3.05) is 0 Å². The molecule has 0 unspecified atom stereocenters. The van der Waals surface area contributed by atoms with Crippen LogP contribution in [-0.4, -0.2) is 17.9 Å². The Morgan fingerprint density at radius 1 is 1.18 bits per heavy atom. The minimum atomic E-state index is -0.808. The van der Waals surface area contributed by atoms with Gasteiger partial charge in [0.1, 0.15) is 5.82 Å². The van der Waals surface area contributed by atoms with E-state index in [4.69, 9.17) is 16.3 Å². The van der Waals surface area contributed by atoms with Crippen LogP contribution in [-0.2, 0) is 14.3 Å². The predicted molar refractivity (Wildman–Crippen MR) is 126 cm³/mol. The van der Waals surface area contributed by atoms with Gasteiger partial charge in [-0.1, -0.05) is 48.9 Å². The Hall–Kier alpha value is -2.92. The van der Waals surface area contributed by atoms with Gasteiger partial charge < -0.3 is 10.1 Å². The Labute approximate surface area is 198 Å². The highest BCUT2D eigenvalue weighted by atomic mass is 35.5. The van der Waals surface area contributed by atoms with Crippen LogP contribution < -0.4 is 5.32 Å². The fourth-order valence-corrected chi connectivity index (χ4v) is 4.76. The molecule has 0 bridgehead atoms. The number of ketones is 1. The van der Waals surface area contributed by atoms with Crippen LogP contribution in [0.3, 0.4) is 0 Å². The zero-order valence-corrected chi connectivity index (χ0v) is 19.7. The Kier molecular flexibility index (Phi) is 6.71. The first kappa shape index (κ1) is 23.2. The zero-order chi connectivity index (χ0) is 23.7. The fourth-order valence-electron chi connectivity index (χ4n) is 4.63. The van der Waals surface area contributed by atoms with Gasteiger partial charge in [-0.3, -0.25) is 4.79 Å². The minimum Gasteiger partial charge on any atom is -0.459 e. The Morgan fingerprint density at radius 3 is 2.55 bits per heavy atom. The van der Waals surface area contributed by atoms with Crippen molar-refractivity contribution in [3.05, 3.63) is 93.0 Å². The number of halogens is 2. The highest BCUT2D eigenvalue weighted by molar-refractivity contribution is 6.30. The maximum atomic E-state index is 15.0. The van der Waals surface area contributed by atoms with E-state index in [0.717, 1.165) is 11.3 Å². The van der Waals surface area contributed by atoms with Gasteiger partial charge in [0.2, 0.25) is 0 Å². The fraction of sp³-hybridized carbons (Fsp3) is 0.333. The largest absolute Gasteiger partial charge is 0.459 e. The van der Waals surface area contributed by atoms with Crippen molar-refractivity contribution >= 4 is 23.4 Å². The molecule has 2 aromatic rings. The van der Waals surface area contributed by atoms with Crippen molar-refractivity contribution < 1.29 is 18.7 Å². The van der Waals surface area contributed by atoms with Gasteiger partial charge in [0.25, 0.3) is 0 Å². The maximum absolute atomic E-state index is 15.0. The van der Waals surface area contributed by atoms with Gasteiger partial charge >= 0.3 is 5.97 Å². The summed E-state index contributed by atoms with van der Waals surface area (Å²) in [6.45, 7) is 5.52. The molecule has 4 rings (SSSR count). The maximum Gasteiger partial charge on any atom is 0.337 e. The number of Topliss-reactive ketones (excluding diaryl/α,β-unsaturated/α-hetero) is 1. The number of allylic oxidation sites excluding steroid dienone is 3. The molecule has 172 valence electrons. The van der Waals surface area contributed by atoms with Gasteiger partial charge in [0.05, 0.1) is 17.6 Å². The lowest BCUT2D eigenvalue weighted by Crippen LogP contribution is -2.36. The van der Waals surface area contributed by atoms with E-state index in [9.17, 15) is 14.0 Å².